The number of hydrogen-bond acceptors (Lipinski definition) is 4. The number of fused-ring (bicyclic) bond motifs is 1. The molecule has 0 atom stereocenters. The van der Waals surface area contributed by atoms with E-state index in [9.17, 15) is 9.59 Å². The van der Waals surface area contributed by atoms with Crippen LogP contribution in [0.3, 0.4) is 0 Å². The van der Waals surface area contributed by atoms with Gasteiger partial charge in [-0.05, 0) is 17.5 Å². The fraction of sp³-hybridized carbons (Fsp3) is 0. The molecular weight excluding hydrogens is 292 g/mol. The molecule has 0 unspecified atom stereocenters. The lowest BCUT2D eigenvalue weighted by atomic mass is 10.1. The summed E-state index contributed by atoms with van der Waals surface area (Å²) in [6, 6.07) is 11.7. The van der Waals surface area contributed by atoms with Crippen molar-refractivity contribution in [3.8, 4) is 0 Å². The normalized spacial score (nSPS) is 10.5. The summed E-state index contributed by atoms with van der Waals surface area (Å²) in [6.45, 7) is 0. The van der Waals surface area contributed by atoms with E-state index < -0.39 is 5.91 Å². The predicted octanol–water partition coefficient (Wildman–Crippen LogP) is 2.22. The van der Waals surface area contributed by atoms with Crippen LogP contribution in [0.2, 0.25) is 5.15 Å². The van der Waals surface area contributed by atoms with Gasteiger partial charge in [0.25, 0.3) is 11.5 Å². The molecule has 0 spiro atoms. The van der Waals surface area contributed by atoms with Gasteiger partial charge in [0.2, 0.25) is 0 Å². The molecule has 0 aliphatic heterocycles. The van der Waals surface area contributed by atoms with Crippen LogP contribution in [-0.2, 0) is 0 Å². The molecule has 21 heavy (non-hydrogen) atoms. The Bertz CT molecular complexity index is 871. The molecule has 104 valence electrons. The summed E-state index contributed by atoms with van der Waals surface area (Å²) in [4.78, 5) is 27.1. The maximum atomic E-state index is 12.1. The number of aromatic nitrogens is 3. The number of carbonyl (C=O) groups excluding carboxylic acids is 1. The summed E-state index contributed by atoms with van der Waals surface area (Å²) < 4.78 is 0. The van der Waals surface area contributed by atoms with Gasteiger partial charge in [0, 0.05) is 11.5 Å². The molecule has 0 aliphatic carbocycles. The van der Waals surface area contributed by atoms with Gasteiger partial charge >= 0.3 is 0 Å². The number of nitrogens with zero attached hydrogens (tertiary/aromatic N) is 2. The van der Waals surface area contributed by atoms with E-state index in [2.05, 4.69) is 20.5 Å². The van der Waals surface area contributed by atoms with Crippen molar-refractivity contribution < 1.29 is 4.79 Å². The van der Waals surface area contributed by atoms with Gasteiger partial charge < -0.3 is 5.32 Å². The van der Waals surface area contributed by atoms with E-state index in [1.165, 1.54) is 12.1 Å². The number of nitrogens with one attached hydrogen (secondary N) is 2. The summed E-state index contributed by atoms with van der Waals surface area (Å²) >= 11 is 6.08. The molecule has 3 aromatic rings. The van der Waals surface area contributed by atoms with Crippen molar-refractivity contribution >= 4 is 34.1 Å². The highest BCUT2D eigenvalue weighted by Crippen LogP contribution is 2.22. The monoisotopic (exact) mass is 300 g/mol. The van der Waals surface area contributed by atoms with E-state index in [-0.39, 0.29) is 22.2 Å². The fourth-order valence-corrected chi connectivity index (χ4v) is 2.13. The molecule has 0 aliphatic rings. The Morgan fingerprint density at radius 1 is 1.19 bits per heavy atom. The Balaban J connectivity index is 1.94. The molecule has 1 aromatic carbocycles. The Hall–Kier alpha value is -2.73. The molecule has 3 rings (SSSR count). The second-order valence-electron chi connectivity index (χ2n) is 4.28. The molecule has 0 fully saturated rings. The zero-order valence-electron chi connectivity index (χ0n) is 10.6. The van der Waals surface area contributed by atoms with Gasteiger partial charge in [0.1, 0.15) is 10.8 Å². The first kappa shape index (κ1) is 13.3. The van der Waals surface area contributed by atoms with Crippen molar-refractivity contribution in [2.24, 2.45) is 0 Å². The van der Waals surface area contributed by atoms with Crippen LogP contribution < -0.4 is 10.9 Å². The minimum Gasteiger partial charge on any atom is -0.304 e. The first-order chi connectivity index (χ1) is 10.1. The lowest BCUT2D eigenvalue weighted by Gasteiger charge is -2.05. The van der Waals surface area contributed by atoms with Crippen molar-refractivity contribution in [1.29, 1.82) is 0 Å². The third kappa shape index (κ3) is 2.75. The van der Waals surface area contributed by atoms with Crippen molar-refractivity contribution in [2.75, 3.05) is 5.32 Å². The zero-order valence-corrected chi connectivity index (χ0v) is 11.4. The number of halogens is 1. The highest BCUT2D eigenvalue weighted by molar-refractivity contribution is 6.34. The van der Waals surface area contributed by atoms with E-state index in [0.717, 1.165) is 10.8 Å². The van der Waals surface area contributed by atoms with Crippen LogP contribution in [0.25, 0.3) is 10.8 Å². The number of anilines is 1. The fourth-order valence-electron chi connectivity index (χ4n) is 1.87. The second kappa shape index (κ2) is 5.34. The number of H-pyrrole nitrogens is 1. The number of pyridine rings is 1. The van der Waals surface area contributed by atoms with Gasteiger partial charge in [0.15, 0.2) is 5.82 Å². The molecule has 0 bridgehead atoms. The van der Waals surface area contributed by atoms with Crippen molar-refractivity contribution in [3.05, 3.63) is 63.7 Å². The molecular formula is C14H9ClN4O2. The third-order valence-corrected chi connectivity index (χ3v) is 3.14. The topological polar surface area (TPSA) is 87.7 Å². The molecule has 0 saturated carbocycles. The highest BCUT2D eigenvalue weighted by Gasteiger charge is 2.12. The van der Waals surface area contributed by atoms with Crippen molar-refractivity contribution in [1.82, 2.24) is 15.2 Å². The van der Waals surface area contributed by atoms with Gasteiger partial charge in [-0.1, -0.05) is 35.9 Å². The van der Waals surface area contributed by atoms with Gasteiger partial charge in [-0.2, -0.15) is 5.10 Å². The lowest BCUT2D eigenvalue weighted by molar-refractivity contribution is 0.102. The van der Waals surface area contributed by atoms with Gasteiger partial charge in [-0.15, -0.1) is 0 Å². The quantitative estimate of drug-likeness (QED) is 0.710. The molecule has 7 heteroatoms. The highest BCUT2D eigenvalue weighted by atomic mass is 35.5. The van der Waals surface area contributed by atoms with Crippen LogP contribution in [0.15, 0.2) is 47.3 Å². The minimum absolute atomic E-state index is 0.173. The first-order valence-electron chi connectivity index (χ1n) is 6.06. The van der Waals surface area contributed by atoms with Crippen LogP contribution in [0.5, 0.6) is 0 Å². The second-order valence-corrected chi connectivity index (χ2v) is 4.64. The van der Waals surface area contributed by atoms with Crippen LogP contribution in [0.1, 0.15) is 10.5 Å². The van der Waals surface area contributed by atoms with E-state index >= 15 is 0 Å². The van der Waals surface area contributed by atoms with Crippen molar-refractivity contribution in [2.45, 2.75) is 0 Å². The number of carbonyl (C=O) groups is 1. The minimum atomic E-state index is -0.456. The van der Waals surface area contributed by atoms with Crippen LogP contribution >= 0.6 is 11.6 Å². The Kier molecular flexibility index (Phi) is 3.37. The molecule has 0 saturated heterocycles. The summed E-state index contributed by atoms with van der Waals surface area (Å²) in [5.41, 5.74) is -0.174. The maximum absolute atomic E-state index is 12.1. The molecule has 1 amide bonds. The van der Waals surface area contributed by atoms with Crippen molar-refractivity contribution in [3.63, 3.8) is 0 Å². The van der Waals surface area contributed by atoms with Crippen LogP contribution in [0.4, 0.5) is 5.82 Å². The lowest BCUT2D eigenvalue weighted by Crippen LogP contribution is -2.17. The largest absolute Gasteiger partial charge is 0.304 e. The molecule has 2 heterocycles. The number of aromatic amines is 1. The standard InChI is InChI=1S/C14H9ClN4O2/c15-13-9-4-2-1-3-8(9)7-10(16-13)14(21)17-11-5-6-12(20)19-18-11/h1-7H,(H,19,20)(H,17,18,21). The molecule has 6 nitrogen and oxygen atoms in total. The van der Waals surface area contributed by atoms with E-state index in [0.29, 0.717) is 0 Å². The smallest absolute Gasteiger partial charge is 0.275 e. The Morgan fingerprint density at radius 3 is 2.76 bits per heavy atom. The predicted molar refractivity (Wildman–Crippen MR) is 79.6 cm³/mol. The Morgan fingerprint density at radius 2 is 2.00 bits per heavy atom. The average molecular weight is 301 g/mol. The number of amides is 1. The third-order valence-electron chi connectivity index (χ3n) is 2.85. The summed E-state index contributed by atoms with van der Waals surface area (Å²) in [5.74, 6) is -0.229. The zero-order chi connectivity index (χ0) is 14.8. The van der Waals surface area contributed by atoms with Gasteiger partial charge in [-0.25, -0.2) is 10.1 Å². The SMILES string of the molecule is O=C(Nc1ccc(=O)[nH]n1)c1cc2ccccc2c(Cl)n1. The molecule has 2 aromatic heterocycles. The van der Waals surface area contributed by atoms with Gasteiger partial charge in [0.05, 0.1) is 0 Å². The summed E-state index contributed by atoms with van der Waals surface area (Å²) in [6.07, 6.45) is 0. The average Bonchev–Trinajstić information content (AvgIpc) is 2.49. The van der Waals surface area contributed by atoms with E-state index in [1.807, 2.05) is 24.3 Å². The van der Waals surface area contributed by atoms with Crippen LogP contribution in [-0.4, -0.2) is 21.1 Å². The molecule has 2 N–H and O–H groups in total. The molecule has 0 radical (unpaired) electrons. The van der Waals surface area contributed by atoms with Crippen LogP contribution in [0, 0.1) is 0 Å². The van der Waals surface area contributed by atoms with E-state index in [1.54, 1.807) is 6.07 Å². The maximum Gasteiger partial charge on any atom is 0.275 e. The number of hydrogen-bond donors (Lipinski definition) is 2. The van der Waals surface area contributed by atoms with Gasteiger partial charge in [-0.3, -0.25) is 9.59 Å². The summed E-state index contributed by atoms with van der Waals surface area (Å²) in [5, 5.41) is 10.3. The number of benzene rings is 1. The number of rotatable bonds is 2. The summed E-state index contributed by atoms with van der Waals surface area (Å²) in [7, 11) is 0. The van der Waals surface area contributed by atoms with E-state index in [4.69, 9.17) is 11.6 Å². The Labute approximate surface area is 123 Å². The first-order valence-corrected chi connectivity index (χ1v) is 6.44.